The Morgan fingerprint density at radius 2 is 2.00 bits per heavy atom. The highest BCUT2D eigenvalue weighted by Crippen LogP contribution is 2.34. The fourth-order valence-corrected chi connectivity index (χ4v) is 3.98. The zero-order valence-electron chi connectivity index (χ0n) is 15.4. The summed E-state index contributed by atoms with van der Waals surface area (Å²) >= 11 is 0. The molecule has 1 heterocycles. The summed E-state index contributed by atoms with van der Waals surface area (Å²) < 4.78 is 0. The molecule has 1 aliphatic carbocycles. The Labute approximate surface area is 159 Å². The summed E-state index contributed by atoms with van der Waals surface area (Å²) in [6, 6.07) is 8.16. The first-order valence-corrected chi connectivity index (χ1v) is 9.72. The minimum atomic E-state index is -0.757. The molecule has 1 fully saturated rings. The highest BCUT2D eigenvalue weighted by Gasteiger charge is 2.39. The summed E-state index contributed by atoms with van der Waals surface area (Å²) in [5.74, 6) is -0.888. The maximum absolute atomic E-state index is 12.3. The molecule has 5 heteroatoms. The second-order valence-corrected chi connectivity index (χ2v) is 7.45. The van der Waals surface area contributed by atoms with Gasteiger partial charge in [-0.2, -0.15) is 0 Å². The first kappa shape index (κ1) is 19.4. The largest absolute Gasteiger partial charge is 0.481 e. The molecule has 3 rings (SSSR count). The van der Waals surface area contributed by atoms with Gasteiger partial charge in [0.15, 0.2) is 0 Å². The lowest BCUT2D eigenvalue weighted by molar-refractivity contribution is -0.137. The normalized spacial score (nSPS) is 22.9. The molecule has 144 valence electrons. The Balaban J connectivity index is 1.56. The Kier molecular flexibility index (Phi) is 6.45. The molecular formula is C22H27NO4. The van der Waals surface area contributed by atoms with Crippen molar-refractivity contribution in [3.63, 3.8) is 0 Å². The third kappa shape index (κ3) is 5.07. The maximum Gasteiger partial charge on any atom is 0.303 e. The van der Waals surface area contributed by atoms with Crippen LogP contribution in [0, 0.1) is 11.8 Å². The first-order valence-electron chi connectivity index (χ1n) is 9.72. The van der Waals surface area contributed by atoms with Gasteiger partial charge in [0.1, 0.15) is 5.78 Å². The summed E-state index contributed by atoms with van der Waals surface area (Å²) in [4.78, 5) is 26.0. The number of carboxylic acid groups (broad SMARTS) is 1. The number of carboxylic acids is 1. The molecule has 1 aromatic heterocycles. The van der Waals surface area contributed by atoms with Crippen LogP contribution in [-0.2, 0) is 9.59 Å². The number of rotatable bonds is 9. The molecule has 0 bridgehead atoms. The summed E-state index contributed by atoms with van der Waals surface area (Å²) in [5.41, 5.74) is 2.14. The van der Waals surface area contributed by atoms with Crippen molar-refractivity contribution in [2.24, 2.45) is 11.8 Å². The van der Waals surface area contributed by atoms with Crippen LogP contribution in [0.4, 0.5) is 0 Å². The van der Waals surface area contributed by atoms with Crippen LogP contribution >= 0.6 is 0 Å². The van der Waals surface area contributed by atoms with Gasteiger partial charge in [-0.3, -0.25) is 9.59 Å². The number of fused-ring (bicyclic) bond motifs is 1. The van der Waals surface area contributed by atoms with Crippen molar-refractivity contribution in [3.8, 4) is 0 Å². The number of aliphatic carboxylic acids is 1. The molecule has 1 aliphatic rings. The average molecular weight is 369 g/mol. The van der Waals surface area contributed by atoms with E-state index in [1.807, 2.05) is 36.5 Å². The quantitative estimate of drug-likeness (QED) is 0.579. The van der Waals surface area contributed by atoms with E-state index in [-0.39, 0.29) is 30.5 Å². The molecule has 3 atom stereocenters. The zero-order valence-corrected chi connectivity index (χ0v) is 15.4. The van der Waals surface area contributed by atoms with Crippen LogP contribution in [0.15, 0.2) is 36.5 Å². The van der Waals surface area contributed by atoms with E-state index in [9.17, 15) is 14.7 Å². The number of aromatic amines is 1. The van der Waals surface area contributed by atoms with Crippen LogP contribution in [-0.4, -0.2) is 33.1 Å². The molecule has 0 amide bonds. The van der Waals surface area contributed by atoms with Crippen molar-refractivity contribution in [2.75, 3.05) is 0 Å². The number of hydrogen-bond acceptors (Lipinski definition) is 3. The fourth-order valence-electron chi connectivity index (χ4n) is 3.98. The lowest BCUT2D eigenvalue weighted by Gasteiger charge is -2.17. The van der Waals surface area contributed by atoms with Crippen molar-refractivity contribution in [3.05, 3.63) is 42.1 Å². The highest BCUT2D eigenvalue weighted by atomic mass is 16.4. The number of aromatic nitrogens is 1. The second-order valence-electron chi connectivity index (χ2n) is 7.45. The molecule has 5 nitrogen and oxygen atoms in total. The minimum Gasteiger partial charge on any atom is -0.481 e. The molecule has 0 aliphatic heterocycles. The van der Waals surface area contributed by atoms with Gasteiger partial charge in [0.2, 0.25) is 0 Å². The van der Waals surface area contributed by atoms with E-state index >= 15 is 0 Å². The second kappa shape index (κ2) is 9.00. The number of aliphatic hydroxyl groups is 1. The van der Waals surface area contributed by atoms with Gasteiger partial charge in [-0.05, 0) is 42.0 Å². The van der Waals surface area contributed by atoms with E-state index in [0.29, 0.717) is 6.42 Å². The van der Waals surface area contributed by atoms with Crippen molar-refractivity contribution in [1.29, 1.82) is 0 Å². The highest BCUT2D eigenvalue weighted by molar-refractivity contribution is 5.85. The Morgan fingerprint density at radius 1 is 1.19 bits per heavy atom. The topological polar surface area (TPSA) is 90.4 Å². The van der Waals surface area contributed by atoms with Crippen LogP contribution in [0.3, 0.4) is 0 Å². The first-order chi connectivity index (χ1) is 13.0. The van der Waals surface area contributed by atoms with Crippen molar-refractivity contribution in [2.45, 2.75) is 51.0 Å². The van der Waals surface area contributed by atoms with E-state index in [1.165, 1.54) is 0 Å². The van der Waals surface area contributed by atoms with Crippen LogP contribution in [0.2, 0.25) is 0 Å². The Bertz CT molecular complexity index is 823. The molecule has 0 saturated heterocycles. The average Bonchev–Trinajstić information content (AvgIpc) is 3.19. The number of Topliss-reactive ketones (excluding diaryl/α,β-unsaturated/α-hetero) is 1. The van der Waals surface area contributed by atoms with Gasteiger partial charge in [0.25, 0.3) is 0 Å². The number of nitrogens with one attached hydrogen (secondary N) is 1. The van der Waals surface area contributed by atoms with Crippen molar-refractivity contribution in [1.82, 2.24) is 4.98 Å². The Morgan fingerprint density at radius 3 is 2.81 bits per heavy atom. The molecule has 1 aromatic carbocycles. The monoisotopic (exact) mass is 369 g/mol. The van der Waals surface area contributed by atoms with E-state index in [2.05, 4.69) is 11.1 Å². The SMILES string of the molecule is O=C(O)CCCCCCC1C(=O)CC(O)C1C=Cc1ccc2[nH]ccc2c1. The van der Waals surface area contributed by atoms with E-state index < -0.39 is 12.1 Å². The van der Waals surface area contributed by atoms with Gasteiger partial charge < -0.3 is 15.2 Å². The van der Waals surface area contributed by atoms with Crippen LogP contribution in [0.1, 0.15) is 50.5 Å². The number of carbonyl (C=O) groups excluding carboxylic acids is 1. The fraction of sp³-hybridized carbons (Fsp3) is 0.455. The van der Waals surface area contributed by atoms with Crippen LogP contribution < -0.4 is 0 Å². The molecule has 1 saturated carbocycles. The summed E-state index contributed by atoms with van der Waals surface area (Å²) in [5, 5.41) is 20.1. The standard InChI is InChI=1S/C22H27NO4/c24-20-14-21(25)18(17(20)5-3-1-2-4-6-22(26)27)9-7-15-8-10-19-16(13-15)11-12-23-19/h7-13,17-18,21,23,25H,1-6,14H2,(H,26,27). The number of aliphatic hydroxyl groups excluding tert-OH is 1. The molecule has 3 unspecified atom stereocenters. The minimum absolute atomic E-state index is 0.133. The number of hydrogen-bond donors (Lipinski definition) is 3. The Hall–Kier alpha value is -2.40. The number of ketones is 1. The van der Waals surface area contributed by atoms with Crippen LogP contribution in [0.5, 0.6) is 0 Å². The smallest absolute Gasteiger partial charge is 0.303 e. The molecule has 27 heavy (non-hydrogen) atoms. The third-order valence-corrected chi connectivity index (χ3v) is 5.48. The summed E-state index contributed by atoms with van der Waals surface area (Å²) in [6.07, 6.45) is 9.84. The van der Waals surface area contributed by atoms with Crippen molar-refractivity contribution < 1.29 is 19.8 Å². The lowest BCUT2D eigenvalue weighted by atomic mass is 9.88. The number of H-pyrrole nitrogens is 1. The number of unbranched alkanes of at least 4 members (excludes halogenated alkanes) is 3. The van der Waals surface area contributed by atoms with E-state index in [1.54, 1.807) is 0 Å². The third-order valence-electron chi connectivity index (χ3n) is 5.48. The van der Waals surface area contributed by atoms with Gasteiger partial charge in [-0.1, -0.05) is 37.5 Å². The van der Waals surface area contributed by atoms with Gasteiger partial charge in [0, 0.05) is 36.4 Å². The lowest BCUT2D eigenvalue weighted by Crippen LogP contribution is -2.18. The molecule has 0 spiro atoms. The van der Waals surface area contributed by atoms with Gasteiger partial charge in [-0.15, -0.1) is 0 Å². The van der Waals surface area contributed by atoms with Gasteiger partial charge >= 0.3 is 5.97 Å². The van der Waals surface area contributed by atoms with Gasteiger partial charge in [-0.25, -0.2) is 0 Å². The molecular weight excluding hydrogens is 342 g/mol. The molecule has 2 aromatic rings. The summed E-state index contributed by atoms with van der Waals surface area (Å²) in [7, 11) is 0. The van der Waals surface area contributed by atoms with Crippen molar-refractivity contribution >= 4 is 28.7 Å². The number of carbonyl (C=O) groups is 2. The predicted octanol–water partition coefficient (Wildman–Crippen LogP) is 4.17. The molecule has 0 radical (unpaired) electrons. The summed E-state index contributed by atoms with van der Waals surface area (Å²) in [6.45, 7) is 0. The predicted molar refractivity (Wildman–Crippen MR) is 105 cm³/mol. The molecule has 3 N–H and O–H groups in total. The number of benzene rings is 1. The van der Waals surface area contributed by atoms with E-state index in [0.717, 1.165) is 42.1 Å². The van der Waals surface area contributed by atoms with Crippen LogP contribution in [0.25, 0.3) is 17.0 Å². The van der Waals surface area contributed by atoms with E-state index in [4.69, 9.17) is 5.11 Å². The zero-order chi connectivity index (χ0) is 19.2. The van der Waals surface area contributed by atoms with Gasteiger partial charge in [0.05, 0.1) is 6.10 Å². The maximum atomic E-state index is 12.3.